The molecule has 2 unspecified atom stereocenters. The molecule has 3 heteroatoms. The number of nitriles is 1. The van der Waals surface area contributed by atoms with Crippen LogP contribution in [0.5, 0.6) is 0 Å². The first kappa shape index (κ1) is 9.50. The molecule has 2 atom stereocenters. The second-order valence-electron chi connectivity index (χ2n) is 3.32. The highest BCUT2D eigenvalue weighted by Gasteiger charge is 2.17. The van der Waals surface area contributed by atoms with Crippen molar-refractivity contribution in [3.8, 4) is 6.07 Å². The molecule has 12 heavy (non-hydrogen) atoms. The Bertz CT molecular complexity index is 156. The molecule has 1 saturated heterocycles. The summed E-state index contributed by atoms with van der Waals surface area (Å²) in [5.74, 6) is 0. The van der Waals surface area contributed by atoms with Crippen LogP contribution in [0.1, 0.15) is 26.2 Å². The van der Waals surface area contributed by atoms with Crippen LogP contribution < -0.4 is 10.6 Å². The van der Waals surface area contributed by atoms with E-state index in [4.69, 9.17) is 5.26 Å². The first-order valence-electron chi connectivity index (χ1n) is 4.70. The molecule has 1 aliphatic rings. The number of hydrogen-bond acceptors (Lipinski definition) is 3. The van der Waals surface area contributed by atoms with Gasteiger partial charge in [-0.25, -0.2) is 0 Å². The van der Waals surface area contributed by atoms with Crippen molar-refractivity contribution < 1.29 is 0 Å². The van der Waals surface area contributed by atoms with Crippen molar-refractivity contribution in [1.29, 1.82) is 5.26 Å². The Morgan fingerprint density at radius 2 is 2.58 bits per heavy atom. The van der Waals surface area contributed by atoms with Gasteiger partial charge in [-0.05, 0) is 19.4 Å². The van der Waals surface area contributed by atoms with Crippen molar-refractivity contribution in [2.75, 3.05) is 13.1 Å². The van der Waals surface area contributed by atoms with Gasteiger partial charge in [0.15, 0.2) is 0 Å². The summed E-state index contributed by atoms with van der Waals surface area (Å²) in [5, 5.41) is 15.3. The molecule has 0 saturated carbocycles. The zero-order valence-electron chi connectivity index (χ0n) is 7.64. The van der Waals surface area contributed by atoms with Crippen molar-refractivity contribution >= 4 is 0 Å². The van der Waals surface area contributed by atoms with Crippen molar-refractivity contribution in [3.05, 3.63) is 0 Å². The first-order valence-corrected chi connectivity index (χ1v) is 4.70. The minimum absolute atomic E-state index is 0.389. The van der Waals surface area contributed by atoms with E-state index in [1.807, 2.05) is 0 Å². The molecule has 0 spiro atoms. The Morgan fingerprint density at radius 3 is 3.08 bits per heavy atom. The van der Waals surface area contributed by atoms with Crippen LogP contribution in [-0.4, -0.2) is 25.2 Å². The second-order valence-corrected chi connectivity index (χ2v) is 3.32. The fourth-order valence-electron chi connectivity index (χ4n) is 1.56. The summed E-state index contributed by atoms with van der Waals surface area (Å²) in [6.45, 7) is 4.29. The lowest BCUT2D eigenvalue weighted by atomic mass is 10.1. The van der Waals surface area contributed by atoms with Crippen LogP contribution in [0.2, 0.25) is 0 Å². The van der Waals surface area contributed by atoms with E-state index in [0.717, 1.165) is 19.5 Å². The van der Waals surface area contributed by atoms with Crippen LogP contribution in [0.4, 0.5) is 0 Å². The molecule has 68 valence electrons. The average Bonchev–Trinajstić information content (AvgIpc) is 2.56. The van der Waals surface area contributed by atoms with Crippen LogP contribution >= 0.6 is 0 Å². The van der Waals surface area contributed by atoms with Crippen molar-refractivity contribution in [2.24, 2.45) is 0 Å². The van der Waals surface area contributed by atoms with E-state index in [9.17, 15) is 0 Å². The smallest absolute Gasteiger partial charge is 0.0638 e. The third-order valence-corrected chi connectivity index (χ3v) is 2.36. The molecule has 1 fully saturated rings. The van der Waals surface area contributed by atoms with E-state index in [2.05, 4.69) is 23.6 Å². The molecule has 0 amide bonds. The van der Waals surface area contributed by atoms with E-state index in [0.29, 0.717) is 18.5 Å². The summed E-state index contributed by atoms with van der Waals surface area (Å²) in [6, 6.07) is 3.18. The molecule has 1 heterocycles. The fraction of sp³-hybridized carbons (Fsp3) is 0.889. The molecule has 3 nitrogen and oxygen atoms in total. The normalized spacial score (nSPS) is 25.2. The molecule has 0 radical (unpaired) electrons. The van der Waals surface area contributed by atoms with Gasteiger partial charge in [0.2, 0.25) is 0 Å². The third-order valence-electron chi connectivity index (χ3n) is 2.36. The van der Waals surface area contributed by atoms with Gasteiger partial charge in [-0.3, -0.25) is 0 Å². The lowest BCUT2D eigenvalue weighted by Gasteiger charge is -2.18. The van der Waals surface area contributed by atoms with E-state index in [-0.39, 0.29) is 0 Å². The zero-order valence-corrected chi connectivity index (χ0v) is 7.64. The van der Waals surface area contributed by atoms with Crippen molar-refractivity contribution in [1.82, 2.24) is 10.6 Å². The minimum atomic E-state index is 0.389. The average molecular weight is 167 g/mol. The zero-order chi connectivity index (χ0) is 8.81. The maximum atomic E-state index is 8.54. The summed E-state index contributed by atoms with van der Waals surface area (Å²) in [4.78, 5) is 0. The van der Waals surface area contributed by atoms with Crippen molar-refractivity contribution in [2.45, 2.75) is 38.3 Å². The van der Waals surface area contributed by atoms with Crippen LogP contribution in [-0.2, 0) is 0 Å². The molecule has 0 aromatic rings. The van der Waals surface area contributed by atoms with Crippen LogP contribution in [0.15, 0.2) is 0 Å². The van der Waals surface area contributed by atoms with Gasteiger partial charge < -0.3 is 10.6 Å². The number of rotatable bonds is 4. The van der Waals surface area contributed by atoms with Crippen molar-refractivity contribution in [3.63, 3.8) is 0 Å². The molecular weight excluding hydrogens is 150 g/mol. The quantitative estimate of drug-likeness (QED) is 0.645. The molecule has 2 N–H and O–H groups in total. The maximum absolute atomic E-state index is 8.54. The van der Waals surface area contributed by atoms with Gasteiger partial charge in [-0.1, -0.05) is 6.92 Å². The lowest BCUT2D eigenvalue weighted by molar-refractivity contribution is 0.437. The van der Waals surface area contributed by atoms with Gasteiger partial charge >= 0.3 is 0 Å². The largest absolute Gasteiger partial charge is 0.315 e. The van der Waals surface area contributed by atoms with Gasteiger partial charge in [0, 0.05) is 18.6 Å². The number of nitrogens with zero attached hydrogens (tertiary/aromatic N) is 1. The van der Waals surface area contributed by atoms with Crippen LogP contribution in [0.3, 0.4) is 0 Å². The van der Waals surface area contributed by atoms with E-state index in [1.54, 1.807) is 0 Å². The molecule has 0 aliphatic carbocycles. The Labute approximate surface area is 74.1 Å². The summed E-state index contributed by atoms with van der Waals surface area (Å²) in [5.41, 5.74) is 0. The monoisotopic (exact) mass is 167 g/mol. The summed E-state index contributed by atoms with van der Waals surface area (Å²) in [6.07, 6.45) is 2.87. The Morgan fingerprint density at radius 1 is 1.75 bits per heavy atom. The Hall–Kier alpha value is -0.590. The van der Waals surface area contributed by atoms with Crippen LogP contribution in [0, 0.1) is 11.3 Å². The van der Waals surface area contributed by atoms with E-state index in [1.165, 1.54) is 6.42 Å². The van der Waals surface area contributed by atoms with E-state index >= 15 is 0 Å². The first-order chi connectivity index (χ1) is 5.86. The maximum Gasteiger partial charge on any atom is 0.0638 e. The predicted octanol–water partition coefficient (Wildman–Crippen LogP) is 0.630. The fourth-order valence-corrected chi connectivity index (χ4v) is 1.56. The highest BCUT2D eigenvalue weighted by atomic mass is 15.0. The van der Waals surface area contributed by atoms with Gasteiger partial charge in [-0.15, -0.1) is 0 Å². The molecule has 1 rings (SSSR count). The number of hydrogen-bond donors (Lipinski definition) is 2. The topological polar surface area (TPSA) is 47.9 Å². The summed E-state index contributed by atoms with van der Waals surface area (Å²) in [7, 11) is 0. The Kier molecular flexibility index (Phi) is 4.06. The molecule has 0 bridgehead atoms. The van der Waals surface area contributed by atoms with Gasteiger partial charge in [0.1, 0.15) is 0 Å². The highest BCUT2D eigenvalue weighted by molar-refractivity contribution is 4.85. The second kappa shape index (κ2) is 5.13. The predicted molar refractivity (Wildman–Crippen MR) is 48.7 cm³/mol. The number of nitrogens with one attached hydrogen (secondary N) is 2. The summed E-state index contributed by atoms with van der Waals surface area (Å²) >= 11 is 0. The Balaban J connectivity index is 2.21. The standard InChI is InChI=1S/C9H17N3/c1-2-8(3-5-10)12-9-4-6-11-7-9/h8-9,11-12H,2-4,6-7H2,1H3. The third kappa shape index (κ3) is 2.80. The van der Waals surface area contributed by atoms with Gasteiger partial charge in [0.05, 0.1) is 12.5 Å². The van der Waals surface area contributed by atoms with E-state index < -0.39 is 0 Å². The molecule has 0 aromatic heterocycles. The summed E-state index contributed by atoms with van der Waals surface area (Å²) < 4.78 is 0. The SMILES string of the molecule is CCC(CC#N)NC1CCNC1. The van der Waals surface area contributed by atoms with Gasteiger partial charge in [-0.2, -0.15) is 5.26 Å². The highest BCUT2D eigenvalue weighted by Crippen LogP contribution is 2.03. The van der Waals surface area contributed by atoms with Gasteiger partial charge in [0.25, 0.3) is 0 Å². The minimum Gasteiger partial charge on any atom is -0.315 e. The molecule has 0 aromatic carbocycles. The lowest BCUT2D eigenvalue weighted by Crippen LogP contribution is -2.39. The molecule has 1 aliphatic heterocycles. The molecular formula is C9H17N3. The van der Waals surface area contributed by atoms with Crippen LogP contribution in [0.25, 0.3) is 0 Å².